The minimum Gasteiger partial charge on any atom is -0.297 e. The van der Waals surface area contributed by atoms with Crippen LogP contribution in [0.5, 0.6) is 0 Å². The lowest BCUT2D eigenvalue weighted by molar-refractivity contribution is 0.261. The van der Waals surface area contributed by atoms with Crippen LogP contribution < -0.4 is 0 Å². The third-order valence-electron chi connectivity index (χ3n) is 3.24. The molecule has 2 aliphatic rings. The molecule has 2 unspecified atom stereocenters. The molecule has 0 amide bonds. The summed E-state index contributed by atoms with van der Waals surface area (Å²) in [6, 6.07) is 0. The summed E-state index contributed by atoms with van der Waals surface area (Å²) in [4.78, 5) is 4.34. The molecular weight excluding hydrogens is 122 g/mol. The maximum Gasteiger partial charge on any atom is 0.0425 e. The molecule has 0 aromatic carbocycles. The Balaban J connectivity index is 2.20. The van der Waals surface area contributed by atoms with E-state index in [-0.39, 0.29) is 0 Å². The molecule has 0 N–H and O–H groups in total. The number of hydrogen-bond acceptors (Lipinski definition) is 1. The number of fused-ring (bicyclic) bond motifs is 1. The molecule has 1 aliphatic carbocycles. The molecule has 2 rings (SSSR count). The minimum absolute atomic E-state index is 0.571. The van der Waals surface area contributed by atoms with E-state index >= 15 is 0 Å². The van der Waals surface area contributed by atoms with Gasteiger partial charge in [-0.1, -0.05) is 13.8 Å². The van der Waals surface area contributed by atoms with E-state index < -0.39 is 0 Å². The van der Waals surface area contributed by atoms with Crippen LogP contribution in [0.4, 0.5) is 0 Å². The van der Waals surface area contributed by atoms with Crippen molar-refractivity contribution in [2.75, 3.05) is 6.54 Å². The van der Waals surface area contributed by atoms with Gasteiger partial charge in [0.25, 0.3) is 0 Å². The summed E-state index contributed by atoms with van der Waals surface area (Å²) in [6.45, 7) is 5.86. The number of nitrogens with zero attached hydrogens (tertiary/aromatic N) is 1. The predicted octanol–water partition coefficient (Wildman–Crippen LogP) is 2.12. The van der Waals surface area contributed by atoms with Crippen molar-refractivity contribution in [3.05, 3.63) is 0 Å². The highest BCUT2D eigenvalue weighted by Gasteiger charge is 2.42. The third-order valence-corrected chi connectivity index (χ3v) is 3.24. The number of hydrogen-bond donors (Lipinski definition) is 0. The smallest absolute Gasteiger partial charge is 0.0425 e. The van der Waals surface area contributed by atoms with E-state index in [4.69, 9.17) is 0 Å². The lowest BCUT2D eigenvalue weighted by Crippen LogP contribution is -2.21. The summed E-state index contributed by atoms with van der Waals surface area (Å²) in [7, 11) is 0. The molecule has 1 saturated carbocycles. The molecule has 0 radical (unpaired) electrons. The van der Waals surface area contributed by atoms with Gasteiger partial charge in [0.2, 0.25) is 0 Å². The van der Waals surface area contributed by atoms with Crippen LogP contribution in [0, 0.1) is 17.3 Å². The number of rotatable bonds is 0. The van der Waals surface area contributed by atoms with Crippen molar-refractivity contribution >= 4 is 6.21 Å². The van der Waals surface area contributed by atoms with Gasteiger partial charge in [0.15, 0.2) is 0 Å². The van der Waals surface area contributed by atoms with Gasteiger partial charge in [-0.3, -0.25) is 4.99 Å². The van der Waals surface area contributed by atoms with Gasteiger partial charge in [-0.25, -0.2) is 0 Å². The van der Waals surface area contributed by atoms with Crippen molar-refractivity contribution in [1.82, 2.24) is 0 Å². The van der Waals surface area contributed by atoms with E-state index in [0.29, 0.717) is 5.41 Å². The molecular formula is C9H15N. The molecule has 56 valence electrons. The monoisotopic (exact) mass is 137 g/mol. The van der Waals surface area contributed by atoms with Crippen LogP contribution in [0.15, 0.2) is 4.99 Å². The molecule has 1 heteroatoms. The molecule has 1 aliphatic heterocycles. The van der Waals surface area contributed by atoms with Gasteiger partial charge in [0, 0.05) is 12.8 Å². The van der Waals surface area contributed by atoms with Gasteiger partial charge in [0.05, 0.1) is 0 Å². The van der Waals surface area contributed by atoms with Crippen molar-refractivity contribution in [3.63, 3.8) is 0 Å². The Morgan fingerprint density at radius 2 is 2.30 bits per heavy atom. The molecule has 1 heterocycles. The summed E-state index contributed by atoms with van der Waals surface area (Å²) >= 11 is 0. The van der Waals surface area contributed by atoms with E-state index in [9.17, 15) is 0 Å². The van der Waals surface area contributed by atoms with Crippen LogP contribution in [-0.2, 0) is 0 Å². The first-order valence-electron chi connectivity index (χ1n) is 4.20. The Kier molecular flexibility index (Phi) is 1.17. The summed E-state index contributed by atoms with van der Waals surface area (Å²) in [5.41, 5.74) is 0.571. The van der Waals surface area contributed by atoms with Gasteiger partial charge in [-0.15, -0.1) is 0 Å². The average molecular weight is 137 g/mol. The lowest BCUT2D eigenvalue weighted by Gasteiger charge is -2.24. The van der Waals surface area contributed by atoms with Crippen molar-refractivity contribution < 1.29 is 0 Å². The van der Waals surface area contributed by atoms with E-state index in [2.05, 4.69) is 25.1 Å². The summed E-state index contributed by atoms with van der Waals surface area (Å²) in [6.07, 6.45) is 4.95. The normalized spacial score (nSPS) is 42.2. The van der Waals surface area contributed by atoms with Gasteiger partial charge in [0.1, 0.15) is 0 Å². The highest BCUT2D eigenvalue weighted by molar-refractivity contribution is 5.64. The van der Waals surface area contributed by atoms with E-state index in [1.54, 1.807) is 0 Å². The Morgan fingerprint density at radius 1 is 1.50 bits per heavy atom. The second kappa shape index (κ2) is 1.84. The summed E-state index contributed by atoms with van der Waals surface area (Å²) in [5.74, 6) is 1.70. The van der Waals surface area contributed by atoms with Crippen LogP contribution in [0.25, 0.3) is 0 Å². The minimum atomic E-state index is 0.571. The first-order chi connectivity index (χ1) is 4.70. The fraction of sp³-hybridized carbons (Fsp3) is 0.889. The fourth-order valence-electron chi connectivity index (χ4n) is 2.38. The van der Waals surface area contributed by atoms with Gasteiger partial charge in [-0.2, -0.15) is 0 Å². The first kappa shape index (κ1) is 6.38. The zero-order valence-electron chi connectivity index (χ0n) is 6.80. The summed E-state index contributed by atoms with van der Waals surface area (Å²) in [5, 5.41) is 0. The topological polar surface area (TPSA) is 12.4 Å². The number of aliphatic imine (C=N–C) groups is 1. The molecule has 0 aromatic heterocycles. The molecule has 1 nitrogen and oxygen atoms in total. The molecule has 0 saturated heterocycles. The lowest BCUT2D eigenvalue weighted by atomic mass is 9.80. The van der Waals surface area contributed by atoms with Gasteiger partial charge < -0.3 is 0 Å². The maximum absolute atomic E-state index is 4.34. The predicted molar refractivity (Wildman–Crippen MR) is 43.4 cm³/mol. The van der Waals surface area contributed by atoms with E-state index in [1.165, 1.54) is 12.8 Å². The zero-order chi connectivity index (χ0) is 7.19. The molecule has 1 fully saturated rings. The third kappa shape index (κ3) is 0.727. The van der Waals surface area contributed by atoms with Crippen molar-refractivity contribution in [1.29, 1.82) is 0 Å². The second-order valence-electron chi connectivity index (χ2n) is 4.31. The Morgan fingerprint density at radius 3 is 3.00 bits per heavy atom. The molecule has 10 heavy (non-hydrogen) atoms. The first-order valence-corrected chi connectivity index (χ1v) is 4.20. The molecule has 0 aromatic rings. The molecule has 2 atom stereocenters. The van der Waals surface area contributed by atoms with Crippen LogP contribution in [0.1, 0.15) is 26.7 Å². The van der Waals surface area contributed by atoms with Crippen LogP contribution in [0.3, 0.4) is 0 Å². The van der Waals surface area contributed by atoms with Crippen molar-refractivity contribution in [2.45, 2.75) is 26.7 Å². The largest absolute Gasteiger partial charge is 0.297 e. The van der Waals surface area contributed by atoms with Gasteiger partial charge >= 0.3 is 0 Å². The highest BCUT2D eigenvalue weighted by atomic mass is 14.8. The van der Waals surface area contributed by atoms with Crippen LogP contribution >= 0.6 is 0 Å². The maximum atomic E-state index is 4.34. The average Bonchev–Trinajstić information content (AvgIpc) is 2.36. The fourth-order valence-corrected chi connectivity index (χ4v) is 2.38. The standard InChI is InChI=1S/C9H15N/c1-9(2)4-3-7-5-10-6-8(7)9/h5,7-8H,3-4,6H2,1-2H3. The molecule has 0 spiro atoms. The van der Waals surface area contributed by atoms with Crippen molar-refractivity contribution in [3.8, 4) is 0 Å². The van der Waals surface area contributed by atoms with E-state index in [1.807, 2.05) is 0 Å². The summed E-state index contributed by atoms with van der Waals surface area (Å²) < 4.78 is 0. The Hall–Kier alpha value is -0.330. The van der Waals surface area contributed by atoms with E-state index in [0.717, 1.165) is 18.4 Å². The van der Waals surface area contributed by atoms with Gasteiger partial charge in [-0.05, 0) is 30.1 Å². The van der Waals surface area contributed by atoms with Crippen LogP contribution in [-0.4, -0.2) is 12.8 Å². The van der Waals surface area contributed by atoms with Crippen molar-refractivity contribution in [2.24, 2.45) is 22.2 Å². The Bertz CT molecular complexity index is 170. The molecule has 0 bridgehead atoms. The second-order valence-corrected chi connectivity index (χ2v) is 4.31. The quantitative estimate of drug-likeness (QED) is 0.485. The highest BCUT2D eigenvalue weighted by Crippen LogP contribution is 2.47. The zero-order valence-corrected chi connectivity index (χ0v) is 6.80. The Labute approximate surface area is 62.5 Å². The SMILES string of the molecule is CC1(C)CCC2C=NCC21. The van der Waals surface area contributed by atoms with Crippen LogP contribution in [0.2, 0.25) is 0 Å².